The van der Waals surface area contributed by atoms with Crippen LogP contribution in [-0.4, -0.2) is 54.5 Å². The third-order valence-corrected chi connectivity index (χ3v) is 8.33. The van der Waals surface area contributed by atoms with Gasteiger partial charge in [0, 0.05) is 17.0 Å². The Bertz CT molecular complexity index is 1560. The molecule has 35 heavy (non-hydrogen) atoms. The Morgan fingerprint density at radius 1 is 0.971 bits per heavy atom. The summed E-state index contributed by atoms with van der Waals surface area (Å²) < 4.78 is 34.2. The predicted octanol–water partition coefficient (Wildman–Crippen LogP) is 3.83. The quantitative estimate of drug-likeness (QED) is 0.262. The summed E-state index contributed by atoms with van der Waals surface area (Å²) in [5.41, 5.74) is 1.28. The van der Waals surface area contributed by atoms with Gasteiger partial charge in [-0.3, -0.25) is 0 Å². The highest BCUT2D eigenvalue weighted by Gasteiger charge is 2.28. The Labute approximate surface area is 202 Å². The summed E-state index contributed by atoms with van der Waals surface area (Å²) in [5.74, 6) is -2.92. The molecule has 180 valence electrons. The van der Waals surface area contributed by atoms with E-state index in [9.17, 15) is 18.0 Å². The number of nitrogens with zero attached hydrogens (tertiary/aromatic N) is 2. The van der Waals surface area contributed by atoms with Crippen LogP contribution in [0, 0.1) is 0 Å². The first-order chi connectivity index (χ1) is 16.8. The number of carbonyl (C=O) groups is 2. The van der Waals surface area contributed by atoms with E-state index in [1.54, 1.807) is 36.5 Å². The van der Waals surface area contributed by atoms with E-state index in [0.717, 1.165) is 36.9 Å². The summed E-state index contributed by atoms with van der Waals surface area (Å²) in [7, 11) is -1.92. The number of piperidine rings is 1. The smallest absolute Gasteiger partial charge is 0.422 e. The van der Waals surface area contributed by atoms with Crippen LogP contribution in [0.3, 0.4) is 0 Å². The zero-order chi connectivity index (χ0) is 24.7. The molecule has 4 aromatic rings. The molecule has 2 heterocycles. The highest BCUT2D eigenvalue weighted by Crippen LogP contribution is 2.38. The number of hydrogen-bond acceptors (Lipinski definition) is 6. The fourth-order valence-electron chi connectivity index (χ4n) is 4.79. The lowest BCUT2D eigenvalue weighted by Gasteiger charge is -2.28. The molecule has 0 radical (unpaired) electrons. The van der Waals surface area contributed by atoms with Crippen molar-refractivity contribution in [3.63, 3.8) is 0 Å². The minimum atomic E-state index is -3.97. The molecule has 0 saturated carbocycles. The molecule has 0 amide bonds. The van der Waals surface area contributed by atoms with Crippen molar-refractivity contribution in [2.75, 3.05) is 20.1 Å². The molecule has 8 nitrogen and oxygen atoms in total. The van der Waals surface area contributed by atoms with E-state index in [0.29, 0.717) is 16.3 Å². The second-order valence-electron chi connectivity index (χ2n) is 8.81. The van der Waals surface area contributed by atoms with Crippen molar-refractivity contribution < 1.29 is 27.9 Å². The predicted molar refractivity (Wildman–Crippen MR) is 131 cm³/mol. The average molecular weight is 493 g/mol. The maximum Gasteiger partial charge on any atom is 0.422 e. The molecule has 1 saturated heterocycles. The summed E-state index contributed by atoms with van der Waals surface area (Å²) in [4.78, 5) is 25.0. The Hall–Kier alpha value is -3.69. The summed E-state index contributed by atoms with van der Waals surface area (Å²) in [6.45, 7) is 1.75. The molecule has 1 fully saturated rings. The lowest BCUT2D eigenvalue weighted by molar-refractivity contribution is -0.158. The van der Waals surface area contributed by atoms with E-state index in [2.05, 4.69) is 4.90 Å². The molecule has 1 aromatic heterocycles. The van der Waals surface area contributed by atoms with Crippen LogP contribution in [-0.2, 0) is 19.6 Å². The zero-order valence-corrected chi connectivity index (χ0v) is 19.9. The number of rotatable bonds is 4. The van der Waals surface area contributed by atoms with Gasteiger partial charge in [0.05, 0.1) is 10.4 Å². The van der Waals surface area contributed by atoms with E-state index < -0.39 is 22.0 Å². The van der Waals surface area contributed by atoms with E-state index >= 15 is 0 Å². The summed E-state index contributed by atoms with van der Waals surface area (Å²) in [5, 5.41) is 11.0. The number of likely N-dealkylation sites (tertiary alicyclic amines) is 1. The summed E-state index contributed by atoms with van der Waals surface area (Å²) >= 11 is 0. The molecule has 1 aliphatic rings. The van der Waals surface area contributed by atoms with Gasteiger partial charge >= 0.3 is 11.9 Å². The highest BCUT2D eigenvalue weighted by molar-refractivity contribution is 7.90. The molecular formula is C26H24N2O6S. The molecule has 0 atom stereocenters. The fourth-order valence-corrected chi connectivity index (χ4v) is 6.39. The van der Waals surface area contributed by atoms with Crippen LogP contribution in [0.25, 0.3) is 21.7 Å². The van der Waals surface area contributed by atoms with Crippen LogP contribution in [0.5, 0.6) is 5.75 Å². The fraction of sp³-hybridized carbons (Fsp3) is 0.231. The molecule has 3 aromatic carbocycles. The highest BCUT2D eigenvalue weighted by atomic mass is 32.2. The molecule has 0 aliphatic carbocycles. The van der Waals surface area contributed by atoms with E-state index in [1.165, 1.54) is 10.0 Å². The monoisotopic (exact) mass is 492 g/mol. The molecule has 0 spiro atoms. The third-order valence-electron chi connectivity index (χ3n) is 6.60. The second kappa shape index (κ2) is 8.83. The number of esters is 1. The number of carboxylic acids is 1. The van der Waals surface area contributed by atoms with Gasteiger partial charge in [-0.05, 0) is 74.1 Å². The number of benzene rings is 3. The van der Waals surface area contributed by atoms with Gasteiger partial charge in [0.25, 0.3) is 10.0 Å². The normalized spacial score (nSPS) is 15.5. The first-order valence-electron chi connectivity index (χ1n) is 11.3. The SMILES string of the molecule is CN1CCC(c2cn(S(=O)(=O)c3cccc4ccccc34)c3ccc(OC(=O)C(=O)O)cc23)CC1. The van der Waals surface area contributed by atoms with Crippen molar-refractivity contribution >= 4 is 43.6 Å². The van der Waals surface area contributed by atoms with Crippen LogP contribution in [0.1, 0.15) is 24.3 Å². The first kappa shape index (κ1) is 23.1. The average Bonchev–Trinajstić information content (AvgIpc) is 3.24. The second-order valence-corrected chi connectivity index (χ2v) is 10.6. The van der Waals surface area contributed by atoms with Gasteiger partial charge in [-0.25, -0.2) is 22.0 Å². The Kier molecular flexibility index (Phi) is 5.82. The number of fused-ring (bicyclic) bond motifs is 2. The van der Waals surface area contributed by atoms with Gasteiger partial charge in [-0.2, -0.15) is 0 Å². The van der Waals surface area contributed by atoms with E-state index in [4.69, 9.17) is 9.84 Å². The largest absolute Gasteiger partial charge is 0.473 e. The maximum absolute atomic E-state index is 14.0. The minimum absolute atomic E-state index is 0.0550. The van der Waals surface area contributed by atoms with Gasteiger partial charge in [-0.15, -0.1) is 0 Å². The van der Waals surface area contributed by atoms with E-state index in [-0.39, 0.29) is 16.6 Å². The molecular weight excluding hydrogens is 468 g/mol. The number of carbonyl (C=O) groups excluding carboxylic acids is 1. The Morgan fingerprint density at radius 3 is 2.43 bits per heavy atom. The van der Waals surface area contributed by atoms with Crippen molar-refractivity contribution in [2.45, 2.75) is 23.7 Å². The van der Waals surface area contributed by atoms with Crippen molar-refractivity contribution in [3.8, 4) is 5.75 Å². The topological polar surface area (TPSA) is 106 Å². The number of carboxylic acid groups (broad SMARTS) is 1. The molecule has 0 unspecified atom stereocenters. The summed E-state index contributed by atoms with van der Waals surface area (Å²) in [6.07, 6.45) is 3.37. The van der Waals surface area contributed by atoms with Crippen LogP contribution in [0.2, 0.25) is 0 Å². The molecule has 1 N–H and O–H groups in total. The standard InChI is InChI=1S/C26H24N2O6S/c1-27-13-11-18(12-14-27)22-16-28(23-10-9-19(15-21(22)23)34-26(31)25(29)30)35(32,33)24-8-4-6-17-5-2-3-7-20(17)24/h2-10,15-16,18H,11-14H2,1H3,(H,29,30). The lowest BCUT2D eigenvalue weighted by Crippen LogP contribution is -2.29. The van der Waals surface area contributed by atoms with Gasteiger partial charge < -0.3 is 14.7 Å². The summed E-state index contributed by atoms with van der Waals surface area (Å²) in [6, 6.07) is 17.0. The van der Waals surface area contributed by atoms with E-state index in [1.807, 2.05) is 31.3 Å². The number of aliphatic carboxylic acids is 1. The van der Waals surface area contributed by atoms with Gasteiger partial charge in [0.2, 0.25) is 0 Å². The van der Waals surface area contributed by atoms with Crippen LogP contribution >= 0.6 is 0 Å². The number of ether oxygens (including phenoxy) is 1. The zero-order valence-electron chi connectivity index (χ0n) is 19.0. The van der Waals surface area contributed by atoms with Gasteiger partial charge in [-0.1, -0.05) is 36.4 Å². The van der Waals surface area contributed by atoms with Crippen molar-refractivity contribution in [2.24, 2.45) is 0 Å². The minimum Gasteiger partial charge on any atom is -0.473 e. The molecule has 9 heteroatoms. The molecule has 5 rings (SSSR count). The van der Waals surface area contributed by atoms with Crippen LogP contribution in [0.15, 0.2) is 71.8 Å². The number of hydrogen-bond donors (Lipinski definition) is 1. The molecule has 0 bridgehead atoms. The van der Waals surface area contributed by atoms with Crippen LogP contribution < -0.4 is 4.74 Å². The van der Waals surface area contributed by atoms with Gasteiger partial charge in [0.15, 0.2) is 0 Å². The number of aromatic nitrogens is 1. The van der Waals surface area contributed by atoms with Crippen molar-refractivity contribution in [1.29, 1.82) is 0 Å². The first-order valence-corrected chi connectivity index (χ1v) is 12.7. The lowest BCUT2D eigenvalue weighted by atomic mass is 9.89. The Balaban J connectivity index is 1.69. The Morgan fingerprint density at radius 2 is 1.69 bits per heavy atom. The van der Waals surface area contributed by atoms with Crippen LogP contribution in [0.4, 0.5) is 0 Å². The third kappa shape index (κ3) is 4.17. The molecule has 1 aliphatic heterocycles. The van der Waals surface area contributed by atoms with Crippen molar-refractivity contribution in [3.05, 3.63) is 72.4 Å². The van der Waals surface area contributed by atoms with Crippen molar-refractivity contribution in [1.82, 2.24) is 8.87 Å². The van der Waals surface area contributed by atoms with Gasteiger partial charge in [0.1, 0.15) is 5.75 Å². The maximum atomic E-state index is 14.0.